The second-order valence-electron chi connectivity index (χ2n) is 7.80. The Morgan fingerprint density at radius 3 is 2.39 bits per heavy atom. The van der Waals surface area contributed by atoms with Crippen molar-refractivity contribution in [3.05, 3.63) is 96.3 Å². The first-order chi connectivity index (χ1) is 16.0. The maximum absolute atomic E-state index is 13.3. The molecule has 0 saturated carbocycles. The number of fused-ring (bicyclic) bond motifs is 2. The van der Waals surface area contributed by atoms with E-state index in [0.717, 1.165) is 35.9 Å². The van der Waals surface area contributed by atoms with Gasteiger partial charge in [-0.1, -0.05) is 30.3 Å². The standard InChI is InChI=1S/C26H21F3N4/c27-26(28,29)22-6-3-5-21-24(13-15-31-25(21)22)33-19-10-8-18(9-11-19)30-14-12-17-16-32-23-7-2-1-4-20(17)23/h1-11,13,15-16,30,32H,12,14H2,(H,31,33). The fourth-order valence-corrected chi connectivity index (χ4v) is 4.02. The molecule has 0 bridgehead atoms. The van der Waals surface area contributed by atoms with Crippen LogP contribution in [0.15, 0.2) is 85.2 Å². The number of hydrogen-bond acceptors (Lipinski definition) is 3. The molecule has 5 rings (SSSR count). The van der Waals surface area contributed by atoms with Crippen molar-refractivity contribution in [1.82, 2.24) is 9.97 Å². The molecule has 2 heterocycles. The number of aromatic amines is 1. The Morgan fingerprint density at radius 1 is 0.818 bits per heavy atom. The molecule has 2 aromatic heterocycles. The van der Waals surface area contributed by atoms with Crippen molar-refractivity contribution in [2.75, 3.05) is 17.2 Å². The SMILES string of the molecule is FC(F)(F)c1cccc2c(Nc3ccc(NCCc4c[nH]c5ccccc45)cc3)ccnc12. The number of anilines is 3. The average Bonchev–Trinajstić information content (AvgIpc) is 3.23. The number of benzene rings is 3. The number of rotatable bonds is 6. The highest BCUT2D eigenvalue weighted by Gasteiger charge is 2.33. The smallest absolute Gasteiger partial charge is 0.385 e. The third-order valence-electron chi connectivity index (χ3n) is 5.64. The third-order valence-corrected chi connectivity index (χ3v) is 5.64. The van der Waals surface area contributed by atoms with Crippen LogP contribution >= 0.6 is 0 Å². The molecule has 33 heavy (non-hydrogen) atoms. The normalized spacial score (nSPS) is 11.7. The van der Waals surface area contributed by atoms with Crippen molar-refractivity contribution in [2.24, 2.45) is 0 Å². The van der Waals surface area contributed by atoms with Crippen molar-refractivity contribution in [1.29, 1.82) is 0 Å². The Hall–Kier alpha value is -4.00. The van der Waals surface area contributed by atoms with E-state index in [9.17, 15) is 13.2 Å². The fourth-order valence-electron chi connectivity index (χ4n) is 4.02. The van der Waals surface area contributed by atoms with Crippen LogP contribution in [0, 0.1) is 0 Å². The minimum absolute atomic E-state index is 0.0643. The summed E-state index contributed by atoms with van der Waals surface area (Å²) >= 11 is 0. The third kappa shape index (κ3) is 4.35. The number of aromatic nitrogens is 2. The first kappa shape index (κ1) is 20.9. The molecule has 0 radical (unpaired) electrons. The Bertz CT molecular complexity index is 1410. The fraction of sp³-hybridized carbons (Fsp3) is 0.115. The summed E-state index contributed by atoms with van der Waals surface area (Å²) in [4.78, 5) is 7.25. The van der Waals surface area contributed by atoms with E-state index >= 15 is 0 Å². The number of H-pyrrole nitrogens is 1. The largest absolute Gasteiger partial charge is 0.418 e. The molecule has 0 spiro atoms. The van der Waals surface area contributed by atoms with Gasteiger partial charge in [0.05, 0.1) is 11.1 Å². The van der Waals surface area contributed by atoms with E-state index in [4.69, 9.17) is 0 Å². The zero-order valence-corrected chi connectivity index (χ0v) is 17.6. The number of nitrogens with zero attached hydrogens (tertiary/aromatic N) is 1. The van der Waals surface area contributed by atoms with Gasteiger partial charge in [0.1, 0.15) is 0 Å². The zero-order chi connectivity index (χ0) is 22.8. The van der Waals surface area contributed by atoms with E-state index in [-0.39, 0.29) is 5.52 Å². The number of halogens is 3. The Labute approximate surface area is 188 Å². The minimum Gasteiger partial charge on any atom is -0.385 e. The van der Waals surface area contributed by atoms with Crippen LogP contribution < -0.4 is 10.6 Å². The molecular weight excluding hydrogens is 425 g/mol. The molecule has 7 heteroatoms. The summed E-state index contributed by atoms with van der Waals surface area (Å²) in [6, 6.07) is 21.7. The van der Waals surface area contributed by atoms with Crippen LogP contribution in [0.1, 0.15) is 11.1 Å². The number of para-hydroxylation sites is 2. The molecule has 0 aliphatic heterocycles. The predicted molar refractivity (Wildman–Crippen MR) is 127 cm³/mol. The van der Waals surface area contributed by atoms with Crippen LogP contribution in [-0.4, -0.2) is 16.5 Å². The van der Waals surface area contributed by atoms with Crippen LogP contribution in [0.3, 0.4) is 0 Å². The molecule has 0 amide bonds. The summed E-state index contributed by atoms with van der Waals surface area (Å²) in [7, 11) is 0. The van der Waals surface area contributed by atoms with Crippen LogP contribution in [0.25, 0.3) is 21.8 Å². The number of pyridine rings is 1. The molecular formula is C26H21F3N4. The summed E-state index contributed by atoms with van der Waals surface area (Å²) in [5.41, 5.74) is 3.92. The summed E-state index contributed by atoms with van der Waals surface area (Å²) in [6.45, 7) is 0.782. The zero-order valence-electron chi connectivity index (χ0n) is 17.6. The van der Waals surface area contributed by atoms with Gasteiger partial charge in [-0.2, -0.15) is 13.2 Å². The van der Waals surface area contributed by atoms with Crippen LogP contribution in [0.5, 0.6) is 0 Å². The highest BCUT2D eigenvalue weighted by atomic mass is 19.4. The summed E-state index contributed by atoms with van der Waals surface area (Å²) in [6.07, 6.45) is -0.136. The average molecular weight is 446 g/mol. The minimum atomic E-state index is -4.45. The molecule has 0 aliphatic carbocycles. The highest BCUT2D eigenvalue weighted by molar-refractivity contribution is 5.94. The first-order valence-corrected chi connectivity index (χ1v) is 10.6. The van der Waals surface area contributed by atoms with Crippen LogP contribution in [0.4, 0.5) is 30.2 Å². The lowest BCUT2D eigenvalue weighted by molar-refractivity contribution is -0.136. The lowest BCUT2D eigenvalue weighted by Gasteiger charge is -2.14. The van der Waals surface area contributed by atoms with Gasteiger partial charge in [0.25, 0.3) is 0 Å². The van der Waals surface area contributed by atoms with Gasteiger partial charge in [-0.3, -0.25) is 4.98 Å². The van der Waals surface area contributed by atoms with Crippen molar-refractivity contribution in [3.8, 4) is 0 Å². The number of hydrogen-bond donors (Lipinski definition) is 3. The molecule has 0 atom stereocenters. The van der Waals surface area contributed by atoms with Gasteiger partial charge in [0.2, 0.25) is 0 Å². The maximum Gasteiger partial charge on any atom is 0.418 e. The van der Waals surface area contributed by atoms with Crippen molar-refractivity contribution >= 4 is 38.9 Å². The molecule has 0 fully saturated rings. The highest BCUT2D eigenvalue weighted by Crippen LogP contribution is 2.36. The second kappa shape index (κ2) is 8.50. The van der Waals surface area contributed by atoms with Gasteiger partial charge in [0.15, 0.2) is 0 Å². The van der Waals surface area contributed by atoms with E-state index < -0.39 is 11.7 Å². The second-order valence-corrected chi connectivity index (χ2v) is 7.80. The monoisotopic (exact) mass is 446 g/mol. The molecule has 166 valence electrons. The molecule has 0 saturated heterocycles. The predicted octanol–water partition coefficient (Wildman–Crippen LogP) is 7.13. The lowest BCUT2D eigenvalue weighted by Crippen LogP contribution is -2.07. The molecule has 3 N–H and O–H groups in total. The first-order valence-electron chi connectivity index (χ1n) is 10.6. The van der Waals surface area contributed by atoms with Gasteiger partial charge in [0, 0.05) is 52.3 Å². The van der Waals surface area contributed by atoms with E-state index in [2.05, 4.69) is 32.7 Å². The van der Waals surface area contributed by atoms with E-state index in [1.54, 1.807) is 12.1 Å². The van der Waals surface area contributed by atoms with Crippen molar-refractivity contribution in [2.45, 2.75) is 12.6 Å². The Kier molecular flexibility index (Phi) is 5.38. The quantitative estimate of drug-likeness (QED) is 0.260. The molecule has 5 aromatic rings. The lowest BCUT2D eigenvalue weighted by atomic mass is 10.1. The van der Waals surface area contributed by atoms with Gasteiger partial charge in [-0.15, -0.1) is 0 Å². The molecule has 4 nitrogen and oxygen atoms in total. The van der Waals surface area contributed by atoms with Crippen molar-refractivity contribution < 1.29 is 13.2 Å². The van der Waals surface area contributed by atoms with Crippen LogP contribution in [0.2, 0.25) is 0 Å². The summed E-state index contributed by atoms with van der Waals surface area (Å²) < 4.78 is 40.0. The topological polar surface area (TPSA) is 52.7 Å². The molecule has 0 aliphatic rings. The Morgan fingerprint density at radius 2 is 1.58 bits per heavy atom. The maximum atomic E-state index is 13.3. The van der Waals surface area contributed by atoms with Crippen LogP contribution in [-0.2, 0) is 12.6 Å². The van der Waals surface area contributed by atoms with E-state index in [0.29, 0.717) is 11.1 Å². The summed E-state index contributed by atoms with van der Waals surface area (Å²) in [5.74, 6) is 0. The number of nitrogens with one attached hydrogen (secondary N) is 3. The van der Waals surface area contributed by atoms with Gasteiger partial charge >= 0.3 is 6.18 Å². The van der Waals surface area contributed by atoms with Crippen molar-refractivity contribution in [3.63, 3.8) is 0 Å². The van der Waals surface area contributed by atoms with Gasteiger partial charge < -0.3 is 15.6 Å². The molecule has 0 unspecified atom stereocenters. The number of alkyl halides is 3. The van der Waals surface area contributed by atoms with Gasteiger partial charge in [-0.05, 0) is 54.4 Å². The molecule has 3 aromatic carbocycles. The van der Waals surface area contributed by atoms with E-state index in [1.807, 2.05) is 42.6 Å². The summed E-state index contributed by atoms with van der Waals surface area (Å²) in [5, 5.41) is 8.29. The van der Waals surface area contributed by atoms with Gasteiger partial charge in [-0.25, -0.2) is 0 Å². The Balaban J connectivity index is 1.27. The van der Waals surface area contributed by atoms with E-state index in [1.165, 1.54) is 23.2 Å².